The Morgan fingerprint density at radius 1 is 1.54 bits per heavy atom. The van der Waals surface area contributed by atoms with Crippen LogP contribution in [0.3, 0.4) is 0 Å². The first-order chi connectivity index (χ1) is 6.34. The van der Waals surface area contributed by atoms with Crippen LogP contribution in [0.15, 0.2) is 18.5 Å². The van der Waals surface area contributed by atoms with Gasteiger partial charge in [-0.1, -0.05) is 0 Å². The Bertz CT molecular complexity index is 337. The van der Waals surface area contributed by atoms with Crippen molar-refractivity contribution in [1.29, 1.82) is 0 Å². The number of hydrogen-bond donors (Lipinski definition) is 2. The van der Waals surface area contributed by atoms with Crippen LogP contribution < -0.4 is 10.6 Å². The molecular weight excluding hydrogens is 162 g/mol. The fourth-order valence-electron chi connectivity index (χ4n) is 2.47. The number of fused-ring (bicyclic) bond motifs is 3. The van der Waals surface area contributed by atoms with Crippen molar-refractivity contribution < 1.29 is 0 Å². The molecule has 3 heterocycles. The maximum atomic E-state index is 4.11. The summed E-state index contributed by atoms with van der Waals surface area (Å²) in [7, 11) is 0. The highest BCUT2D eigenvalue weighted by atomic mass is 15.2. The molecule has 0 radical (unpaired) electrons. The lowest BCUT2D eigenvalue weighted by Crippen LogP contribution is -2.32. The highest BCUT2D eigenvalue weighted by molar-refractivity contribution is 5.58. The minimum Gasteiger partial charge on any atom is -0.368 e. The smallest absolute Gasteiger partial charge is 0.0842 e. The zero-order chi connectivity index (χ0) is 8.84. The highest BCUT2D eigenvalue weighted by Gasteiger charge is 2.38. The number of pyridine rings is 1. The maximum Gasteiger partial charge on any atom is 0.0842 e. The van der Waals surface area contributed by atoms with E-state index in [-0.39, 0.29) is 0 Å². The molecule has 0 spiro atoms. The van der Waals surface area contributed by atoms with Crippen LogP contribution in [0.1, 0.15) is 24.8 Å². The Balaban J connectivity index is 2.02. The average Bonchev–Trinajstić information content (AvgIpc) is 2.60. The first kappa shape index (κ1) is 7.33. The predicted molar refractivity (Wildman–Crippen MR) is 51.6 cm³/mol. The monoisotopic (exact) mass is 175 g/mol. The Kier molecular flexibility index (Phi) is 1.38. The van der Waals surface area contributed by atoms with Crippen LogP contribution in [0.25, 0.3) is 0 Å². The van der Waals surface area contributed by atoms with Crippen LogP contribution in [-0.4, -0.2) is 17.2 Å². The molecule has 0 aromatic carbocycles. The standard InChI is InChI=1S/C10H13N3/c1-6-4-8-7-2-3-11-5-9(7)13-10(8)12-6/h2-3,5-6,8,10,12-13H,4H2,1H3. The van der Waals surface area contributed by atoms with Crippen molar-refractivity contribution in [3.8, 4) is 0 Å². The molecule has 1 aromatic rings. The van der Waals surface area contributed by atoms with Gasteiger partial charge in [0, 0.05) is 18.2 Å². The van der Waals surface area contributed by atoms with Crippen molar-refractivity contribution in [2.75, 3.05) is 5.32 Å². The number of hydrogen-bond acceptors (Lipinski definition) is 3. The molecule has 2 aliphatic heterocycles. The van der Waals surface area contributed by atoms with E-state index in [0.717, 1.165) is 0 Å². The van der Waals surface area contributed by atoms with Crippen LogP contribution >= 0.6 is 0 Å². The van der Waals surface area contributed by atoms with Crippen LogP contribution in [0.2, 0.25) is 0 Å². The molecule has 0 amide bonds. The zero-order valence-corrected chi connectivity index (χ0v) is 7.62. The van der Waals surface area contributed by atoms with Gasteiger partial charge in [-0.3, -0.25) is 10.3 Å². The second-order valence-corrected chi connectivity index (χ2v) is 3.99. The molecule has 1 saturated heterocycles. The molecule has 3 atom stereocenters. The summed E-state index contributed by atoms with van der Waals surface area (Å²) in [6.45, 7) is 2.24. The molecule has 68 valence electrons. The van der Waals surface area contributed by atoms with Gasteiger partial charge in [-0.15, -0.1) is 0 Å². The van der Waals surface area contributed by atoms with Crippen LogP contribution in [0, 0.1) is 0 Å². The highest BCUT2D eigenvalue weighted by Crippen LogP contribution is 2.40. The van der Waals surface area contributed by atoms with E-state index >= 15 is 0 Å². The lowest BCUT2D eigenvalue weighted by molar-refractivity contribution is 0.603. The largest absolute Gasteiger partial charge is 0.368 e. The van der Waals surface area contributed by atoms with Crippen LogP contribution in [0.4, 0.5) is 5.69 Å². The molecule has 1 aromatic heterocycles. The van der Waals surface area contributed by atoms with Crippen molar-refractivity contribution in [2.45, 2.75) is 31.5 Å². The van der Waals surface area contributed by atoms with E-state index in [1.54, 1.807) is 0 Å². The maximum absolute atomic E-state index is 4.11. The third-order valence-electron chi connectivity index (χ3n) is 3.04. The first-order valence-corrected chi connectivity index (χ1v) is 4.81. The molecular formula is C10H13N3. The summed E-state index contributed by atoms with van der Waals surface area (Å²) in [6.07, 6.45) is 5.47. The van der Waals surface area contributed by atoms with Gasteiger partial charge in [0.05, 0.1) is 18.1 Å². The minimum absolute atomic E-state index is 0.439. The number of nitrogens with one attached hydrogen (secondary N) is 2. The minimum atomic E-state index is 0.439. The Labute approximate surface area is 77.6 Å². The van der Waals surface area contributed by atoms with Gasteiger partial charge in [-0.05, 0) is 25.0 Å². The van der Waals surface area contributed by atoms with E-state index in [1.165, 1.54) is 17.7 Å². The van der Waals surface area contributed by atoms with E-state index in [0.29, 0.717) is 18.1 Å². The van der Waals surface area contributed by atoms with E-state index in [9.17, 15) is 0 Å². The van der Waals surface area contributed by atoms with Gasteiger partial charge >= 0.3 is 0 Å². The van der Waals surface area contributed by atoms with E-state index in [1.807, 2.05) is 12.4 Å². The number of nitrogens with zero attached hydrogens (tertiary/aromatic N) is 1. The van der Waals surface area contributed by atoms with Gasteiger partial charge in [0.1, 0.15) is 0 Å². The zero-order valence-electron chi connectivity index (χ0n) is 7.62. The summed E-state index contributed by atoms with van der Waals surface area (Å²) in [5, 5.41) is 6.98. The Morgan fingerprint density at radius 3 is 3.38 bits per heavy atom. The molecule has 2 N–H and O–H groups in total. The second kappa shape index (κ2) is 2.45. The van der Waals surface area contributed by atoms with Gasteiger partial charge in [-0.2, -0.15) is 0 Å². The van der Waals surface area contributed by atoms with Crippen molar-refractivity contribution in [3.05, 3.63) is 24.0 Å². The molecule has 3 heteroatoms. The van der Waals surface area contributed by atoms with E-state index in [4.69, 9.17) is 0 Å². The molecule has 0 aliphatic carbocycles. The summed E-state index contributed by atoms with van der Waals surface area (Å²) in [5.74, 6) is 0.646. The summed E-state index contributed by atoms with van der Waals surface area (Å²) in [6, 6.07) is 2.76. The van der Waals surface area contributed by atoms with Crippen LogP contribution in [0.5, 0.6) is 0 Å². The molecule has 3 nitrogen and oxygen atoms in total. The quantitative estimate of drug-likeness (QED) is 0.624. The molecule has 3 unspecified atom stereocenters. The van der Waals surface area contributed by atoms with Gasteiger partial charge < -0.3 is 5.32 Å². The lowest BCUT2D eigenvalue weighted by Gasteiger charge is -2.10. The fourth-order valence-corrected chi connectivity index (χ4v) is 2.47. The van der Waals surface area contributed by atoms with E-state index in [2.05, 4.69) is 28.6 Å². The van der Waals surface area contributed by atoms with Crippen LogP contribution in [-0.2, 0) is 0 Å². The van der Waals surface area contributed by atoms with Gasteiger partial charge in [0.15, 0.2) is 0 Å². The van der Waals surface area contributed by atoms with Crippen molar-refractivity contribution in [1.82, 2.24) is 10.3 Å². The second-order valence-electron chi connectivity index (χ2n) is 3.99. The predicted octanol–water partition coefficient (Wildman–Crippen LogP) is 1.30. The third kappa shape index (κ3) is 0.968. The van der Waals surface area contributed by atoms with Crippen molar-refractivity contribution >= 4 is 5.69 Å². The summed E-state index contributed by atoms with van der Waals surface area (Å²) in [5.41, 5.74) is 2.63. The molecule has 1 fully saturated rings. The molecule has 3 rings (SSSR count). The molecule has 0 saturated carbocycles. The summed E-state index contributed by atoms with van der Waals surface area (Å²) in [4.78, 5) is 4.11. The molecule has 2 aliphatic rings. The topological polar surface area (TPSA) is 37.0 Å². The number of anilines is 1. The number of aromatic nitrogens is 1. The fraction of sp³-hybridized carbons (Fsp3) is 0.500. The van der Waals surface area contributed by atoms with Gasteiger partial charge in [0.2, 0.25) is 0 Å². The lowest BCUT2D eigenvalue weighted by atomic mass is 9.98. The normalized spacial score (nSPS) is 35.3. The Morgan fingerprint density at radius 2 is 2.46 bits per heavy atom. The number of rotatable bonds is 0. The molecule has 0 bridgehead atoms. The average molecular weight is 175 g/mol. The third-order valence-corrected chi connectivity index (χ3v) is 3.04. The van der Waals surface area contributed by atoms with Crippen molar-refractivity contribution in [3.63, 3.8) is 0 Å². The van der Waals surface area contributed by atoms with E-state index < -0.39 is 0 Å². The van der Waals surface area contributed by atoms with Gasteiger partial charge in [0.25, 0.3) is 0 Å². The van der Waals surface area contributed by atoms with Crippen molar-refractivity contribution in [2.24, 2.45) is 0 Å². The summed E-state index contributed by atoms with van der Waals surface area (Å²) >= 11 is 0. The Hall–Kier alpha value is -1.09. The summed E-state index contributed by atoms with van der Waals surface area (Å²) < 4.78 is 0. The molecule has 13 heavy (non-hydrogen) atoms. The SMILES string of the molecule is CC1CC2c3ccncc3NC2N1. The first-order valence-electron chi connectivity index (χ1n) is 4.81. The van der Waals surface area contributed by atoms with Gasteiger partial charge in [-0.25, -0.2) is 0 Å².